The zero-order valence-corrected chi connectivity index (χ0v) is 18.1. The van der Waals surface area contributed by atoms with Gasteiger partial charge in [-0.15, -0.1) is 0 Å². The average molecular weight is 421 g/mol. The molecule has 0 bridgehead atoms. The molecule has 3 heteroatoms. The summed E-state index contributed by atoms with van der Waals surface area (Å²) in [6.07, 6.45) is 0.712. The van der Waals surface area contributed by atoms with Gasteiger partial charge in [0.2, 0.25) is 0 Å². The van der Waals surface area contributed by atoms with Crippen molar-refractivity contribution in [2.24, 2.45) is 5.73 Å². The molecule has 0 aliphatic heterocycles. The number of benzene rings is 4. The molecule has 0 radical (unpaired) electrons. The fourth-order valence-corrected chi connectivity index (χ4v) is 4.05. The third kappa shape index (κ3) is 5.13. The van der Waals surface area contributed by atoms with Gasteiger partial charge in [-0.05, 0) is 34.7 Å². The van der Waals surface area contributed by atoms with Crippen LogP contribution in [0.2, 0.25) is 0 Å². The van der Waals surface area contributed by atoms with E-state index in [9.17, 15) is 4.79 Å². The normalized spacial score (nSPS) is 11.7. The third-order valence-corrected chi connectivity index (χ3v) is 5.73. The second-order valence-corrected chi connectivity index (χ2v) is 7.91. The second-order valence-electron chi connectivity index (χ2n) is 7.91. The lowest BCUT2D eigenvalue weighted by atomic mass is 9.97. The van der Waals surface area contributed by atoms with E-state index in [-0.39, 0.29) is 11.9 Å². The fraction of sp³-hybridized carbons (Fsp3) is 0.138. The summed E-state index contributed by atoms with van der Waals surface area (Å²) >= 11 is 0. The van der Waals surface area contributed by atoms with Crippen LogP contribution in [0.5, 0.6) is 0 Å². The van der Waals surface area contributed by atoms with Crippen LogP contribution in [0.4, 0.5) is 0 Å². The quantitative estimate of drug-likeness (QED) is 0.405. The smallest absolute Gasteiger partial charge is 0.255 e. The highest BCUT2D eigenvalue weighted by molar-refractivity contribution is 6.01. The maximum Gasteiger partial charge on any atom is 0.255 e. The zero-order valence-electron chi connectivity index (χ0n) is 18.1. The molecule has 2 N–H and O–H groups in total. The van der Waals surface area contributed by atoms with E-state index >= 15 is 0 Å². The van der Waals surface area contributed by atoms with Crippen LogP contribution in [0.15, 0.2) is 115 Å². The number of hydrogen-bond acceptors (Lipinski definition) is 2. The van der Waals surface area contributed by atoms with Crippen LogP contribution in [0, 0.1) is 0 Å². The molecular formula is C29H28N2O. The minimum Gasteiger partial charge on any atom is -0.330 e. The lowest BCUT2D eigenvalue weighted by Crippen LogP contribution is -2.45. The Labute approximate surface area is 190 Å². The van der Waals surface area contributed by atoms with E-state index in [1.54, 1.807) is 0 Å². The van der Waals surface area contributed by atoms with Gasteiger partial charge >= 0.3 is 0 Å². The first kappa shape index (κ1) is 21.5. The first-order valence-electron chi connectivity index (χ1n) is 11.0. The highest BCUT2D eigenvalue weighted by Gasteiger charge is 2.26. The Morgan fingerprint density at radius 1 is 0.688 bits per heavy atom. The first-order valence-corrected chi connectivity index (χ1v) is 11.0. The van der Waals surface area contributed by atoms with Crippen LogP contribution in [-0.2, 0) is 13.0 Å². The van der Waals surface area contributed by atoms with Crippen molar-refractivity contribution >= 4 is 5.91 Å². The summed E-state index contributed by atoms with van der Waals surface area (Å²) in [4.78, 5) is 15.9. The molecule has 0 fully saturated rings. The van der Waals surface area contributed by atoms with Gasteiger partial charge in [0.05, 0.1) is 0 Å². The minimum atomic E-state index is -0.117. The predicted octanol–water partition coefficient (Wildman–Crippen LogP) is 5.57. The van der Waals surface area contributed by atoms with Crippen molar-refractivity contribution < 1.29 is 4.79 Å². The average Bonchev–Trinajstić information content (AvgIpc) is 2.87. The summed E-state index contributed by atoms with van der Waals surface area (Å²) in [6, 6.07) is 38.1. The molecule has 0 aromatic heterocycles. The number of nitrogens with two attached hydrogens (primary N) is 1. The van der Waals surface area contributed by atoms with Gasteiger partial charge in [-0.3, -0.25) is 4.79 Å². The van der Waals surface area contributed by atoms with Crippen LogP contribution in [0.25, 0.3) is 11.1 Å². The largest absolute Gasteiger partial charge is 0.330 e. The fourth-order valence-electron chi connectivity index (χ4n) is 4.05. The standard InChI is InChI=1S/C29H28N2O/c30-21-26(20-23-12-4-1-5-13-23)31(22-24-14-6-2-7-15-24)29(32)28-19-11-10-18-27(28)25-16-8-3-9-17-25/h1-19,26H,20-22,30H2/t26-/m0/s1. The monoisotopic (exact) mass is 420 g/mol. The summed E-state index contributed by atoms with van der Waals surface area (Å²) in [5.74, 6) is -0.000290. The molecule has 160 valence electrons. The van der Waals surface area contributed by atoms with Crippen molar-refractivity contribution in [3.8, 4) is 11.1 Å². The molecule has 3 nitrogen and oxygen atoms in total. The van der Waals surface area contributed by atoms with Crippen molar-refractivity contribution in [3.05, 3.63) is 132 Å². The molecule has 0 saturated carbocycles. The Morgan fingerprint density at radius 3 is 1.84 bits per heavy atom. The maximum absolute atomic E-state index is 14.0. The molecular weight excluding hydrogens is 392 g/mol. The van der Waals surface area contributed by atoms with Gasteiger partial charge in [-0.2, -0.15) is 0 Å². The highest BCUT2D eigenvalue weighted by atomic mass is 16.2. The van der Waals surface area contributed by atoms with Gasteiger partial charge in [-0.1, -0.05) is 109 Å². The Balaban J connectivity index is 1.72. The van der Waals surface area contributed by atoms with E-state index in [2.05, 4.69) is 24.3 Å². The van der Waals surface area contributed by atoms with Gasteiger partial charge in [0.1, 0.15) is 0 Å². The van der Waals surface area contributed by atoms with Gasteiger partial charge < -0.3 is 10.6 Å². The Bertz CT molecular complexity index is 1130. The Kier molecular flexibility index (Phi) is 7.11. The summed E-state index contributed by atoms with van der Waals surface area (Å²) in [6.45, 7) is 0.901. The van der Waals surface area contributed by atoms with Gasteiger partial charge in [0, 0.05) is 24.7 Å². The van der Waals surface area contributed by atoms with Crippen LogP contribution >= 0.6 is 0 Å². The van der Waals surface area contributed by atoms with E-state index in [0.29, 0.717) is 25.1 Å². The number of amides is 1. The molecule has 0 unspecified atom stereocenters. The SMILES string of the molecule is NC[C@H](Cc1ccccc1)N(Cc1ccccc1)C(=O)c1ccccc1-c1ccccc1. The Morgan fingerprint density at radius 2 is 1.22 bits per heavy atom. The van der Waals surface area contributed by atoms with E-state index in [1.165, 1.54) is 5.56 Å². The highest BCUT2D eigenvalue weighted by Crippen LogP contribution is 2.26. The predicted molar refractivity (Wildman–Crippen MR) is 131 cm³/mol. The molecule has 0 heterocycles. The van der Waals surface area contributed by atoms with E-state index < -0.39 is 0 Å². The Hall–Kier alpha value is -3.69. The summed E-state index contributed by atoms with van der Waals surface area (Å²) < 4.78 is 0. The zero-order chi connectivity index (χ0) is 22.2. The number of carbonyl (C=O) groups is 1. The van der Waals surface area contributed by atoms with Gasteiger partial charge in [-0.25, -0.2) is 0 Å². The summed E-state index contributed by atoms with van der Waals surface area (Å²) in [5, 5.41) is 0. The molecule has 1 atom stereocenters. The lowest BCUT2D eigenvalue weighted by Gasteiger charge is -2.32. The van der Waals surface area contributed by atoms with E-state index in [1.807, 2.05) is 95.9 Å². The molecule has 0 spiro atoms. The number of carbonyl (C=O) groups excluding carboxylic acids is 1. The van der Waals surface area contributed by atoms with Crippen LogP contribution < -0.4 is 5.73 Å². The van der Waals surface area contributed by atoms with E-state index in [0.717, 1.165) is 16.7 Å². The van der Waals surface area contributed by atoms with Gasteiger partial charge in [0.25, 0.3) is 5.91 Å². The molecule has 4 aromatic carbocycles. The van der Waals surface area contributed by atoms with Crippen molar-refractivity contribution in [2.45, 2.75) is 19.0 Å². The number of nitrogens with zero attached hydrogens (tertiary/aromatic N) is 1. The van der Waals surface area contributed by atoms with Crippen LogP contribution in [-0.4, -0.2) is 23.4 Å². The van der Waals surface area contributed by atoms with Crippen molar-refractivity contribution in [2.75, 3.05) is 6.54 Å². The minimum absolute atomic E-state index is 0.000290. The van der Waals surface area contributed by atoms with Gasteiger partial charge in [0.15, 0.2) is 0 Å². The van der Waals surface area contributed by atoms with Crippen LogP contribution in [0.3, 0.4) is 0 Å². The molecule has 0 aliphatic rings. The molecule has 4 aromatic rings. The lowest BCUT2D eigenvalue weighted by molar-refractivity contribution is 0.0666. The summed E-state index contributed by atoms with van der Waals surface area (Å²) in [5.41, 5.74) is 11.2. The third-order valence-electron chi connectivity index (χ3n) is 5.73. The second kappa shape index (κ2) is 10.6. The molecule has 1 amide bonds. The molecule has 4 rings (SSSR count). The van der Waals surface area contributed by atoms with E-state index in [4.69, 9.17) is 5.73 Å². The first-order chi connectivity index (χ1) is 15.8. The molecule has 0 saturated heterocycles. The van der Waals surface area contributed by atoms with Crippen molar-refractivity contribution in [1.82, 2.24) is 4.90 Å². The number of rotatable bonds is 8. The van der Waals surface area contributed by atoms with Crippen molar-refractivity contribution in [1.29, 1.82) is 0 Å². The topological polar surface area (TPSA) is 46.3 Å². The summed E-state index contributed by atoms with van der Waals surface area (Å²) in [7, 11) is 0. The van der Waals surface area contributed by atoms with Crippen LogP contribution in [0.1, 0.15) is 21.5 Å². The maximum atomic E-state index is 14.0. The van der Waals surface area contributed by atoms with Crippen molar-refractivity contribution in [3.63, 3.8) is 0 Å². The molecule has 32 heavy (non-hydrogen) atoms. The number of hydrogen-bond donors (Lipinski definition) is 1. The molecule has 0 aliphatic carbocycles.